The van der Waals surface area contributed by atoms with Crippen molar-refractivity contribution in [2.45, 2.75) is 5.92 Å². The van der Waals surface area contributed by atoms with E-state index in [9.17, 15) is 4.79 Å². The summed E-state index contributed by atoms with van der Waals surface area (Å²) >= 11 is 7.02. The van der Waals surface area contributed by atoms with E-state index in [4.69, 9.17) is 4.74 Å². The maximum absolute atomic E-state index is 12.7. The Hall–Kier alpha value is -2.05. The van der Waals surface area contributed by atoms with Crippen LogP contribution < -0.4 is 0 Å². The first-order valence-corrected chi connectivity index (χ1v) is 9.28. The van der Waals surface area contributed by atoms with E-state index >= 15 is 0 Å². The number of aromatic nitrogens is 2. The SMILES string of the molecule is COC(=O)C(c1c[nH]c2ccc(Br)cc12)c1c[nH]c2ccc(Br)cc12. The van der Waals surface area contributed by atoms with Gasteiger partial charge in [-0.2, -0.15) is 0 Å². The number of hydrogen-bond acceptors (Lipinski definition) is 2. The largest absolute Gasteiger partial charge is 0.468 e. The Bertz CT molecular complexity index is 1020. The van der Waals surface area contributed by atoms with E-state index in [2.05, 4.69) is 41.8 Å². The van der Waals surface area contributed by atoms with Crippen molar-refractivity contribution >= 4 is 59.6 Å². The highest BCUT2D eigenvalue weighted by molar-refractivity contribution is 9.10. The minimum atomic E-state index is -0.518. The Labute approximate surface area is 160 Å². The van der Waals surface area contributed by atoms with Gasteiger partial charge in [-0.05, 0) is 47.5 Å². The summed E-state index contributed by atoms with van der Waals surface area (Å²) in [5.74, 6) is -0.808. The summed E-state index contributed by atoms with van der Waals surface area (Å²) in [6.07, 6.45) is 3.77. The van der Waals surface area contributed by atoms with Crippen LogP contribution in [0.5, 0.6) is 0 Å². The number of carbonyl (C=O) groups is 1. The third-order valence-corrected chi connectivity index (χ3v) is 5.40. The van der Waals surface area contributed by atoms with Gasteiger partial charge in [0.05, 0.1) is 7.11 Å². The third kappa shape index (κ3) is 2.79. The second-order valence-corrected chi connectivity index (χ2v) is 7.66. The van der Waals surface area contributed by atoms with Crippen LogP contribution in [0.2, 0.25) is 0 Å². The summed E-state index contributed by atoms with van der Waals surface area (Å²) in [7, 11) is 1.42. The fourth-order valence-electron chi connectivity index (χ4n) is 3.25. The fraction of sp³-hybridized carbons (Fsp3) is 0.105. The predicted octanol–water partition coefficient (Wildman–Crippen LogP) is 5.48. The van der Waals surface area contributed by atoms with Crippen molar-refractivity contribution in [3.8, 4) is 0 Å². The van der Waals surface area contributed by atoms with Gasteiger partial charge in [-0.1, -0.05) is 31.9 Å². The Morgan fingerprint density at radius 3 is 1.84 bits per heavy atom. The van der Waals surface area contributed by atoms with E-state index in [1.54, 1.807) is 0 Å². The molecule has 0 saturated carbocycles. The van der Waals surface area contributed by atoms with Gasteiger partial charge in [-0.25, -0.2) is 0 Å². The predicted molar refractivity (Wildman–Crippen MR) is 106 cm³/mol. The van der Waals surface area contributed by atoms with Crippen molar-refractivity contribution < 1.29 is 9.53 Å². The molecule has 2 aromatic heterocycles. The van der Waals surface area contributed by atoms with Crippen LogP contribution in [0.3, 0.4) is 0 Å². The Morgan fingerprint density at radius 1 is 0.920 bits per heavy atom. The highest BCUT2D eigenvalue weighted by Crippen LogP contribution is 2.37. The molecule has 0 spiro atoms. The summed E-state index contributed by atoms with van der Waals surface area (Å²) in [5, 5.41) is 1.99. The van der Waals surface area contributed by atoms with Gasteiger partial charge in [-0.15, -0.1) is 0 Å². The van der Waals surface area contributed by atoms with Gasteiger partial charge < -0.3 is 14.7 Å². The average Bonchev–Trinajstić information content (AvgIpc) is 3.20. The van der Waals surface area contributed by atoms with E-state index in [0.717, 1.165) is 41.9 Å². The number of ether oxygens (including phenoxy) is 1. The average molecular weight is 462 g/mol. The molecule has 4 nitrogen and oxygen atoms in total. The normalized spacial score (nSPS) is 11.5. The number of aromatic amines is 2. The Balaban J connectivity index is 1.98. The molecule has 25 heavy (non-hydrogen) atoms. The van der Waals surface area contributed by atoms with Gasteiger partial charge in [-0.3, -0.25) is 4.79 Å². The highest BCUT2D eigenvalue weighted by Gasteiger charge is 2.29. The summed E-state index contributed by atoms with van der Waals surface area (Å²) < 4.78 is 7.06. The minimum absolute atomic E-state index is 0.290. The van der Waals surface area contributed by atoms with Gasteiger partial charge in [0.25, 0.3) is 0 Å². The second kappa shape index (κ2) is 6.35. The topological polar surface area (TPSA) is 57.9 Å². The number of esters is 1. The molecule has 0 aliphatic carbocycles. The molecule has 4 aromatic rings. The summed E-state index contributed by atoms with van der Waals surface area (Å²) in [6.45, 7) is 0. The molecule has 0 amide bonds. The molecule has 4 rings (SSSR count). The summed E-state index contributed by atoms with van der Waals surface area (Å²) in [4.78, 5) is 19.2. The molecule has 2 N–H and O–H groups in total. The number of carbonyl (C=O) groups excluding carboxylic acids is 1. The number of methoxy groups -OCH3 is 1. The van der Waals surface area contributed by atoms with Crippen LogP contribution in [-0.4, -0.2) is 23.0 Å². The first kappa shape index (κ1) is 16.4. The zero-order chi connectivity index (χ0) is 17.6. The zero-order valence-corrected chi connectivity index (χ0v) is 16.4. The van der Waals surface area contributed by atoms with E-state index in [-0.39, 0.29) is 5.97 Å². The van der Waals surface area contributed by atoms with Gasteiger partial charge >= 0.3 is 5.97 Å². The van der Waals surface area contributed by atoms with Gasteiger partial charge in [0, 0.05) is 43.1 Å². The summed E-state index contributed by atoms with van der Waals surface area (Å²) in [6, 6.07) is 12.0. The lowest BCUT2D eigenvalue weighted by Crippen LogP contribution is -2.15. The molecule has 2 heterocycles. The van der Waals surface area contributed by atoms with Crippen LogP contribution in [0, 0.1) is 0 Å². The molecule has 0 unspecified atom stereocenters. The van der Waals surface area contributed by atoms with Crippen LogP contribution in [0.25, 0.3) is 21.8 Å². The molecular formula is C19H14Br2N2O2. The van der Waals surface area contributed by atoms with E-state index in [0.29, 0.717) is 0 Å². The van der Waals surface area contributed by atoms with E-state index in [1.807, 2.05) is 48.8 Å². The first-order valence-electron chi connectivity index (χ1n) is 7.69. The van der Waals surface area contributed by atoms with Gasteiger partial charge in [0.2, 0.25) is 0 Å². The van der Waals surface area contributed by atoms with E-state index < -0.39 is 5.92 Å². The van der Waals surface area contributed by atoms with Crippen molar-refractivity contribution in [1.29, 1.82) is 0 Å². The van der Waals surface area contributed by atoms with Crippen LogP contribution in [0.4, 0.5) is 0 Å². The second-order valence-electron chi connectivity index (χ2n) is 5.82. The van der Waals surface area contributed by atoms with Gasteiger partial charge in [0.1, 0.15) is 5.92 Å². The Morgan fingerprint density at radius 2 is 1.40 bits per heavy atom. The van der Waals surface area contributed by atoms with Crippen LogP contribution in [0.15, 0.2) is 57.7 Å². The van der Waals surface area contributed by atoms with Crippen LogP contribution in [-0.2, 0) is 9.53 Å². The molecule has 0 aliphatic heterocycles. The Kier molecular flexibility index (Phi) is 4.17. The number of rotatable bonds is 3. The third-order valence-electron chi connectivity index (χ3n) is 4.41. The highest BCUT2D eigenvalue weighted by atomic mass is 79.9. The van der Waals surface area contributed by atoms with Gasteiger partial charge in [0.15, 0.2) is 0 Å². The molecule has 0 fully saturated rings. The van der Waals surface area contributed by atoms with Crippen molar-refractivity contribution in [3.05, 3.63) is 68.9 Å². The standard InChI is InChI=1S/C19H14Br2N2O2/c1-25-19(24)18(14-8-22-16-4-2-10(20)6-12(14)16)15-9-23-17-5-3-11(21)7-13(15)17/h2-9,18,22-23H,1H3. The monoisotopic (exact) mass is 460 g/mol. The maximum Gasteiger partial charge on any atom is 0.317 e. The molecule has 2 aromatic carbocycles. The van der Waals surface area contributed by atoms with Crippen molar-refractivity contribution in [2.75, 3.05) is 7.11 Å². The first-order chi connectivity index (χ1) is 12.1. The molecule has 0 bridgehead atoms. The minimum Gasteiger partial charge on any atom is -0.468 e. The summed E-state index contributed by atoms with van der Waals surface area (Å²) in [5.41, 5.74) is 3.74. The number of H-pyrrole nitrogens is 2. The van der Waals surface area contributed by atoms with Crippen molar-refractivity contribution in [3.63, 3.8) is 0 Å². The van der Waals surface area contributed by atoms with Crippen molar-refractivity contribution in [2.24, 2.45) is 0 Å². The van der Waals surface area contributed by atoms with E-state index in [1.165, 1.54) is 7.11 Å². The number of hydrogen-bond donors (Lipinski definition) is 2. The molecular weight excluding hydrogens is 448 g/mol. The fourth-order valence-corrected chi connectivity index (χ4v) is 3.97. The number of benzene rings is 2. The number of halogens is 2. The maximum atomic E-state index is 12.7. The smallest absolute Gasteiger partial charge is 0.317 e. The van der Waals surface area contributed by atoms with Crippen LogP contribution >= 0.6 is 31.9 Å². The van der Waals surface area contributed by atoms with Crippen LogP contribution in [0.1, 0.15) is 17.0 Å². The zero-order valence-electron chi connectivity index (χ0n) is 13.3. The lowest BCUT2D eigenvalue weighted by Gasteiger charge is -2.14. The molecule has 0 radical (unpaired) electrons. The molecule has 0 aliphatic rings. The lowest BCUT2D eigenvalue weighted by molar-refractivity contribution is -0.141. The molecule has 6 heteroatoms. The quantitative estimate of drug-likeness (QED) is 0.397. The lowest BCUT2D eigenvalue weighted by atomic mass is 9.91. The number of nitrogens with one attached hydrogen (secondary N) is 2. The molecule has 0 saturated heterocycles. The number of fused-ring (bicyclic) bond motifs is 2. The molecule has 0 atom stereocenters. The van der Waals surface area contributed by atoms with Crippen molar-refractivity contribution in [1.82, 2.24) is 9.97 Å². The molecule has 126 valence electrons.